The smallest absolute Gasteiger partial charge is 0.340 e. The average Bonchev–Trinajstić information content (AvgIpc) is 3.17. The van der Waals surface area contributed by atoms with Gasteiger partial charge in [-0.1, -0.05) is 31.4 Å². The molecule has 0 saturated heterocycles. The number of carbonyl (C=O) groups excluding carboxylic acids is 2. The number of rotatable bonds is 5. The number of hydrogen-bond acceptors (Lipinski definition) is 5. The number of carbonyl (C=O) groups is 2. The van der Waals surface area contributed by atoms with Crippen LogP contribution in [0.15, 0.2) is 40.3 Å². The lowest BCUT2D eigenvalue weighted by atomic mass is 9.94. The fourth-order valence-corrected chi connectivity index (χ4v) is 4.37. The number of amides is 1. The lowest BCUT2D eigenvalue weighted by molar-refractivity contribution is -0.127. The largest absolute Gasteiger partial charge is 0.449 e. The maximum Gasteiger partial charge on any atom is 0.340 e. The standard InChI is InChI=1S/C19H21BrN2O3S/c1-13(25-18(24)15-9-5-6-10-16(15)20)17(23)22(19-21-11-12-26-19)14-7-3-2-4-8-14/h5-6,9-14H,2-4,7-8H2,1H3. The molecule has 1 aliphatic rings. The van der Waals surface area contributed by atoms with Gasteiger partial charge in [0.25, 0.3) is 5.91 Å². The van der Waals surface area contributed by atoms with Gasteiger partial charge in [0.2, 0.25) is 0 Å². The summed E-state index contributed by atoms with van der Waals surface area (Å²) in [6.45, 7) is 1.63. The molecule has 0 bridgehead atoms. The zero-order valence-electron chi connectivity index (χ0n) is 14.6. The second-order valence-electron chi connectivity index (χ2n) is 6.34. The van der Waals surface area contributed by atoms with Crippen molar-refractivity contribution in [3.63, 3.8) is 0 Å². The summed E-state index contributed by atoms with van der Waals surface area (Å²) in [6, 6.07) is 7.14. The number of anilines is 1. The number of nitrogens with zero attached hydrogens (tertiary/aromatic N) is 2. The van der Waals surface area contributed by atoms with Crippen molar-refractivity contribution in [2.75, 3.05) is 4.90 Å². The highest BCUT2D eigenvalue weighted by molar-refractivity contribution is 9.10. The summed E-state index contributed by atoms with van der Waals surface area (Å²) in [6.07, 6.45) is 6.13. The summed E-state index contributed by atoms with van der Waals surface area (Å²) in [5.41, 5.74) is 0.408. The summed E-state index contributed by atoms with van der Waals surface area (Å²) in [7, 11) is 0. The molecule has 0 radical (unpaired) electrons. The summed E-state index contributed by atoms with van der Waals surface area (Å²) in [4.78, 5) is 31.6. The first-order chi connectivity index (χ1) is 12.6. The van der Waals surface area contributed by atoms with E-state index in [1.807, 2.05) is 11.4 Å². The van der Waals surface area contributed by atoms with Gasteiger partial charge in [0, 0.05) is 22.1 Å². The van der Waals surface area contributed by atoms with Crippen molar-refractivity contribution in [1.82, 2.24) is 4.98 Å². The van der Waals surface area contributed by atoms with Crippen molar-refractivity contribution in [3.05, 3.63) is 45.9 Å². The van der Waals surface area contributed by atoms with Crippen LogP contribution in [0, 0.1) is 0 Å². The zero-order chi connectivity index (χ0) is 18.5. The Morgan fingerprint density at radius 1 is 1.27 bits per heavy atom. The Labute approximate surface area is 165 Å². The first-order valence-electron chi connectivity index (χ1n) is 8.76. The first-order valence-corrected chi connectivity index (χ1v) is 10.4. The van der Waals surface area contributed by atoms with Crippen LogP contribution in [0.4, 0.5) is 5.13 Å². The van der Waals surface area contributed by atoms with Gasteiger partial charge in [-0.15, -0.1) is 11.3 Å². The summed E-state index contributed by atoms with van der Waals surface area (Å²) in [5.74, 6) is -0.728. The van der Waals surface area contributed by atoms with Crippen molar-refractivity contribution in [3.8, 4) is 0 Å². The van der Waals surface area contributed by atoms with Crippen LogP contribution in [-0.2, 0) is 9.53 Å². The Balaban J connectivity index is 1.75. The van der Waals surface area contributed by atoms with E-state index in [9.17, 15) is 9.59 Å². The number of aromatic nitrogens is 1. The molecular weight excluding hydrogens is 416 g/mol. The topological polar surface area (TPSA) is 59.5 Å². The first kappa shape index (κ1) is 19.0. The monoisotopic (exact) mass is 436 g/mol. The second kappa shape index (κ2) is 8.77. The Morgan fingerprint density at radius 3 is 2.65 bits per heavy atom. The van der Waals surface area contributed by atoms with E-state index in [0.717, 1.165) is 25.7 Å². The van der Waals surface area contributed by atoms with Crippen LogP contribution in [-0.4, -0.2) is 29.0 Å². The number of halogens is 1. The van der Waals surface area contributed by atoms with Crippen molar-refractivity contribution in [2.45, 2.75) is 51.2 Å². The minimum absolute atomic E-state index is 0.118. The molecule has 1 amide bonds. The highest BCUT2D eigenvalue weighted by Crippen LogP contribution is 2.30. The van der Waals surface area contributed by atoms with E-state index in [1.165, 1.54) is 17.8 Å². The van der Waals surface area contributed by atoms with Gasteiger partial charge in [-0.05, 0) is 47.8 Å². The molecule has 138 valence electrons. The molecule has 2 aromatic rings. The third-order valence-corrected chi connectivity index (χ3v) is 5.99. The number of benzene rings is 1. The van der Waals surface area contributed by atoms with Crippen LogP contribution in [0.3, 0.4) is 0 Å². The van der Waals surface area contributed by atoms with Gasteiger partial charge in [0.15, 0.2) is 11.2 Å². The molecule has 1 saturated carbocycles. The molecule has 1 atom stereocenters. The molecule has 5 nitrogen and oxygen atoms in total. The van der Waals surface area contributed by atoms with Gasteiger partial charge in [-0.3, -0.25) is 9.69 Å². The lowest BCUT2D eigenvalue weighted by Crippen LogP contribution is -2.47. The van der Waals surface area contributed by atoms with Crippen molar-refractivity contribution >= 4 is 44.3 Å². The fraction of sp³-hybridized carbons (Fsp3) is 0.421. The lowest BCUT2D eigenvalue weighted by Gasteiger charge is -2.33. The van der Waals surface area contributed by atoms with Crippen LogP contribution in [0.1, 0.15) is 49.4 Å². The Morgan fingerprint density at radius 2 is 2.00 bits per heavy atom. The molecule has 3 rings (SSSR count). The summed E-state index contributed by atoms with van der Waals surface area (Å²) >= 11 is 4.78. The third-order valence-electron chi connectivity index (χ3n) is 4.53. The molecule has 1 unspecified atom stereocenters. The van der Waals surface area contributed by atoms with Gasteiger partial charge in [-0.25, -0.2) is 9.78 Å². The second-order valence-corrected chi connectivity index (χ2v) is 8.07. The predicted octanol–water partition coefficient (Wildman–Crippen LogP) is 4.82. The van der Waals surface area contributed by atoms with E-state index in [0.29, 0.717) is 15.2 Å². The quantitative estimate of drug-likeness (QED) is 0.630. The maximum absolute atomic E-state index is 13.1. The van der Waals surface area contributed by atoms with Crippen molar-refractivity contribution in [1.29, 1.82) is 0 Å². The van der Waals surface area contributed by atoms with Gasteiger partial charge in [0.05, 0.1) is 5.56 Å². The van der Waals surface area contributed by atoms with E-state index >= 15 is 0 Å². The minimum Gasteiger partial charge on any atom is -0.449 e. The third kappa shape index (κ3) is 4.32. The van der Waals surface area contributed by atoms with E-state index in [-0.39, 0.29) is 11.9 Å². The Hall–Kier alpha value is -1.73. The highest BCUT2D eigenvalue weighted by Gasteiger charge is 2.33. The normalized spacial score (nSPS) is 16.1. The average molecular weight is 437 g/mol. The molecule has 1 aliphatic carbocycles. The van der Waals surface area contributed by atoms with Crippen molar-refractivity contribution in [2.24, 2.45) is 0 Å². The molecule has 0 aliphatic heterocycles. The van der Waals surface area contributed by atoms with E-state index in [4.69, 9.17) is 4.74 Å². The molecule has 26 heavy (non-hydrogen) atoms. The van der Waals surface area contributed by atoms with Crippen molar-refractivity contribution < 1.29 is 14.3 Å². The molecular formula is C19H21BrN2O3S. The molecule has 0 N–H and O–H groups in total. The fourth-order valence-electron chi connectivity index (χ4n) is 3.20. The Bertz CT molecular complexity index is 760. The summed E-state index contributed by atoms with van der Waals surface area (Å²) in [5, 5.41) is 2.53. The molecule has 0 spiro atoms. The molecule has 1 aromatic carbocycles. The molecule has 1 fully saturated rings. The van der Waals surface area contributed by atoms with Gasteiger partial charge >= 0.3 is 5.97 Å². The van der Waals surface area contributed by atoms with Crippen LogP contribution in [0.5, 0.6) is 0 Å². The van der Waals surface area contributed by atoms with E-state index in [2.05, 4.69) is 20.9 Å². The van der Waals surface area contributed by atoms with Crippen LogP contribution < -0.4 is 4.90 Å². The number of hydrogen-bond donors (Lipinski definition) is 0. The van der Waals surface area contributed by atoms with Gasteiger partial charge in [-0.2, -0.15) is 0 Å². The van der Waals surface area contributed by atoms with E-state index < -0.39 is 12.1 Å². The molecule has 1 aromatic heterocycles. The van der Waals surface area contributed by atoms with E-state index in [1.54, 1.807) is 36.2 Å². The SMILES string of the molecule is CC(OC(=O)c1ccccc1Br)C(=O)N(c1nccs1)C1CCCCC1. The van der Waals surface area contributed by atoms with Crippen LogP contribution >= 0.6 is 27.3 Å². The van der Waals surface area contributed by atoms with Crippen LogP contribution in [0.2, 0.25) is 0 Å². The van der Waals surface area contributed by atoms with Crippen LogP contribution in [0.25, 0.3) is 0 Å². The zero-order valence-corrected chi connectivity index (χ0v) is 17.0. The van der Waals surface area contributed by atoms with Gasteiger partial charge < -0.3 is 4.74 Å². The molecule has 7 heteroatoms. The van der Waals surface area contributed by atoms with Gasteiger partial charge in [0.1, 0.15) is 0 Å². The minimum atomic E-state index is -0.875. The number of ether oxygens (including phenoxy) is 1. The predicted molar refractivity (Wildman–Crippen MR) is 105 cm³/mol. The number of esters is 1. The Kier molecular flexibility index (Phi) is 6.43. The summed E-state index contributed by atoms with van der Waals surface area (Å²) < 4.78 is 6.11. The highest BCUT2D eigenvalue weighted by atomic mass is 79.9. The maximum atomic E-state index is 13.1. The number of thiazole rings is 1. The molecule has 1 heterocycles.